The van der Waals surface area contributed by atoms with Gasteiger partial charge in [0.2, 0.25) is 5.91 Å². The van der Waals surface area contributed by atoms with Crippen LogP contribution in [0.3, 0.4) is 0 Å². The standard InChI is InChI=1S/C23H32N6O2S/c1-4-12-25-21-19-16-26-29(22(19)28-23(27-21)32-15-5-2)14-13-24-20(30)11-8-17-6-9-18(31-3)10-7-17/h6-7,9-10,16H,4-5,8,11-15H2,1-3H3,(H,24,30)(H,25,27,28). The van der Waals surface area contributed by atoms with Crippen molar-refractivity contribution in [3.63, 3.8) is 0 Å². The minimum Gasteiger partial charge on any atom is -0.497 e. The number of anilines is 1. The van der Waals surface area contributed by atoms with Crippen molar-refractivity contribution in [2.45, 2.75) is 51.2 Å². The second-order valence-corrected chi connectivity index (χ2v) is 8.50. The van der Waals surface area contributed by atoms with E-state index in [2.05, 4.69) is 34.6 Å². The number of thioether (sulfide) groups is 1. The van der Waals surface area contributed by atoms with Gasteiger partial charge in [-0.2, -0.15) is 5.10 Å². The van der Waals surface area contributed by atoms with Crippen molar-refractivity contribution in [1.29, 1.82) is 0 Å². The summed E-state index contributed by atoms with van der Waals surface area (Å²) >= 11 is 1.65. The molecule has 0 spiro atoms. The van der Waals surface area contributed by atoms with E-state index in [1.165, 1.54) is 0 Å². The summed E-state index contributed by atoms with van der Waals surface area (Å²) in [5.41, 5.74) is 1.91. The van der Waals surface area contributed by atoms with Gasteiger partial charge in [0.25, 0.3) is 0 Å². The molecule has 0 aliphatic carbocycles. The molecule has 0 unspecified atom stereocenters. The number of carbonyl (C=O) groups is 1. The van der Waals surface area contributed by atoms with Crippen LogP contribution >= 0.6 is 11.8 Å². The lowest BCUT2D eigenvalue weighted by Gasteiger charge is -2.09. The van der Waals surface area contributed by atoms with Crippen LogP contribution < -0.4 is 15.4 Å². The van der Waals surface area contributed by atoms with E-state index in [-0.39, 0.29) is 5.91 Å². The number of rotatable bonds is 13. The van der Waals surface area contributed by atoms with Crippen LogP contribution in [0.25, 0.3) is 11.0 Å². The molecule has 2 N–H and O–H groups in total. The van der Waals surface area contributed by atoms with Crippen molar-refractivity contribution >= 4 is 34.5 Å². The maximum absolute atomic E-state index is 12.3. The number of methoxy groups -OCH3 is 1. The van der Waals surface area contributed by atoms with Gasteiger partial charge in [0.1, 0.15) is 11.6 Å². The largest absolute Gasteiger partial charge is 0.497 e. The number of hydrogen-bond acceptors (Lipinski definition) is 7. The fourth-order valence-electron chi connectivity index (χ4n) is 3.17. The fraction of sp³-hybridized carbons (Fsp3) is 0.478. The molecule has 32 heavy (non-hydrogen) atoms. The van der Waals surface area contributed by atoms with E-state index in [1.54, 1.807) is 25.1 Å². The zero-order valence-corrected chi connectivity index (χ0v) is 19.9. The maximum Gasteiger partial charge on any atom is 0.220 e. The third-order valence-corrected chi connectivity index (χ3v) is 5.95. The van der Waals surface area contributed by atoms with Gasteiger partial charge in [-0.1, -0.05) is 37.7 Å². The van der Waals surface area contributed by atoms with Crippen molar-refractivity contribution in [3.8, 4) is 5.75 Å². The topological polar surface area (TPSA) is 94.0 Å². The Morgan fingerprint density at radius 3 is 2.66 bits per heavy atom. The molecule has 3 rings (SSSR count). The first-order chi connectivity index (χ1) is 15.6. The van der Waals surface area contributed by atoms with Crippen molar-refractivity contribution in [3.05, 3.63) is 36.0 Å². The number of nitrogens with zero attached hydrogens (tertiary/aromatic N) is 4. The highest BCUT2D eigenvalue weighted by atomic mass is 32.2. The highest BCUT2D eigenvalue weighted by Crippen LogP contribution is 2.24. The molecule has 0 atom stereocenters. The summed E-state index contributed by atoms with van der Waals surface area (Å²) in [6.45, 7) is 6.17. The highest BCUT2D eigenvalue weighted by molar-refractivity contribution is 7.99. The zero-order chi connectivity index (χ0) is 22.8. The number of carbonyl (C=O) groups excluding carboxylic acids is 1. The number of amides is 1. The average Bonchev–Trinajstić information content (AvgIpc) is 3.23. The molecule has 0 aliphatic rings. The van der Waals surface area contributed by atoms with Gasteiger partial charge in [-0.15, -0.1) is 0 Å². The molecule has 3 aromatic rings. The second-order valence-electron chi connectivity index (χ2n) is 7.43. The Hall–Kier alpha value is -2.81. The lowest BCUT2D eigenvalue weighted by molar-refractivity contribution is -0.121. The number of benzene rings is 1. The van der Waals surface area contributed by atoms with Crippen LogP contribution in [0, 0.1) is 0 Å². The molecular formula is C23H32N6O2S. The van der Waals surface area contributed by atoms with Gasteiger partial charge in [-0.05, 0) is 37.0 Å². The third kappa shape index (κ3) is 6.59. The van der Waals surface area contributed by atoms with E-state index in [4.69, 9.17) is 9.72 Å². The van der Waals surface area contributed by atoms with Gasteiger partial charge < -0.3 is 15.4 Å². The Labute approximate surface area is 193 Å². The number of ether oxygens (including phenoxy) is 1. The highest BCUT2D eigenvalue weighted by Gasteiger charge is 2.13. The van der Waals surface area contributed by atoms with Gasteiger partial charge in [0.05, 0.1) is 25.2 Å². The average molecular weight is 457 g/mol. The summed E-state index contributed by atoms with van der Waals surface area (Å²) < 4.78 is 7.01. The van der Waals surface area contributed by atoms with Crippen molar-refractivity contribution in [2.75, 3.05) is 31.3 Å². The van der Waals surface area contributed by atoms with Crippen LogP contribution in [0.15, 0.2) is 35.6 Å². The van der Waals surface area contributed by atoms with Gasteiger partial charge in [0.15, 0.2) is 10.8 Å². The molecule has 8 nitrogen and oxygen atoms in total. The Morgan fingerprint density at radius 2 is 1.94 bits per heavy atom. The summed E-state index contributed by atoms with van der Waals surface area (Å²) in [5.74, 6) is 2.64. The lowest BCUT2D eigenvalue weighted by Crippen LogP contribution is -2.27. The minimum absolute atomic E-state index is 0.0244. The predicted octanol–water partition coefficient (Wildman–Crippen LogP) is 3.91. The number of hydrogen-bond donors (Lipinski definition) is 2. The molecule has 172 valence electrons. The molecule has 9 heteroatoms. The van der Waals surface area contributed by atoms with Gasteiger partial charge in [-0.3, -0.25) is 4.79 Å². The first-order valence-electron chi connectivity index (χ1n) is 11.1. The van der Waals surface area contributed by atoms with E-state index in [9.17, 15) is 4.79 Å². The number of nitrogens with one attached hydrogen (secondary N) is 2. The van der Waals surface area contributed by atoms with Crippen LogP contribution in [-0.4, -0.2) is 51.6 Å². The van der Waals surface area contributed by atoms with Crippen LogP contribution in [0.5, 0.6) is 5.75 Å². The number of fused-ring (bicyclic) bond motifs is 1. The molecule has 0 saturated carbocycles. The van der Waals surface area contributed by atoms with Crippen molar-refractivity contribution in [2.24, 2.45) is 0 Å². The molecule has 1 amide bonds. The van der Waals surface area contributed by atoms with E-state index in [0.717, 1.165) is 58.5 Å². The molecule has 0 fully saturated rings. The molecule has 1 aromatic carbocycles. The van der Waals surface area contributed by atoms with Crippen LogP contribution in [-0.2, 0) is 17.8 Å². The fourth-order valence-corrected chi connectivity index (χ4v) is 3.87. The van der Waals surface area contributed by atoms with Gasteiger partial charge >= 0.3 is 0 Å². The first kappa shape index (κ1) is 23.8. The number of aryl methyl sites for hydroxylation is 1. The number of aromatic nitrogens is 4. The molecule has 0 radical (unpaired) electrons. The summed E-state index contributed by atoms with van der Waals surface area (Å²) in [6, 6.07) is 7.79. The molecule has 0 aliphatic heterocycles. The second kappa shape index (κ2) is 12.3. The van der Waals surface area contributed by atoms with E-state index in [1.807, 2.05) is 28.9 Å². The maximum atomic E-state index is 12.3. The summed E-state index contributed by atoms with van der Waals surface area (Å²) in [4.78, 5) is 21.7. The quantitative estimate of drug-likeness (QED) is 0.297. The molecule has 2 aromatic heterocycles. The van der Waals surface area contributed by atoms with Gasteiger partial charge in [-0.25, -0.2) is 14.6 Å². The van der Waals surface area contributed by atoms with Crippen molar-refractivity contribution < 1.29 is 9.53 Å². The Morgan fingerprint density at radius 1 is 1.12 bits per heavy atom. The predicted molar refractivity (Wildman–Crippen MR) is 129 cm³/mol. The summed E-state index contributed by atoms with van der Waals surface area (Å²) in [5, 5.41) is 12.5. The normalized spacial score (nSPS) is 11.0. The van der Waals surface area contributed by atoms with Crippen LogP contribution in [0.1, 0.15) is 38.7 Å². The van der Waals surface area contributed by atoms with Crippen molar-refractivity contribution in [1.82, 2.24) is 25.1 Å². The Kier molecular flexibility index (Phi) is 9.15. The van der Waals surface area contributed by atoms with Crippen LogP contribution in [0.2, 0.25) is 0 Å². The smallest absolute Gasteiger partial charge is 0.220 e. The summed E-state index contributed by atoms with van der Waals surface area (Å²) in [6.07, 6.45) is 5.01. The monoisotopic (exact) mass is 456 g/mol. The van der Waals surface area contributed by atoms with E-state index >= 15 is 0 Å². The molecule has 2 heterocycles. The Balaban J connectivity index is 1.58. The Bertz CT molecular complexity index is 1010. The zero-order valence-electron chi connectivity index (χ0n) is 19.1. The lowest BCUT2D eigenvalue weighted by atomic mass is 10.1. The molecule has 0 saturated heterocycles. The van der Waals surface area contributed by atoms with E-state index < -0.39 is 0 Å². The minimum atomic E-state index is 0.0244. The third-order valence-electron chi connectivity index (χ3n) is 4.90. The summed E-state index contributed by atoms with van der Waals surface area (Å²) in [7, 11) is 1.64. The van der Waals surface area contributed by atoms with Gasteiger partial charge in [0, 0.05) is 25.3 Å². The van der Waals surface area contributed by atoms with E-state index in [0.29, 0.717) is 25.9 Å². The molecule has 0 bridgehead atoms. The first-order valence-corrected chi connectivity index (χ1v) is 12.1. The van der Waals surface area contributed by atoms with Crippen LogP contribution in [0.4, 0.5) is 5.82 Å². The SMILES string of the molecule is CCCNc1nc(SCCC)nc2c1cnn2CCNC(=O)CCc1ccc(OC)cc1. The molecular weight excluding hydrogens is 424 g/mol.